The summed E-state index contributed by atoms with van der Waals surface area (Å²) in [6, 6.07) is 6.03. The fraction of sp³-hybridized carbons (Fsp3) is 0.577. The van der Waals surface area contributed by atoms with Gasteiger partial charge in [-0.3, -0.25) is 4.79 Å². The van der Waals surface area contributed by atoms with Gasteiger partial charge in [-0.2, -0.15) is 5.26 Å². The molecule has 1 saturated heterocycles. The molecule has 8 nitrogen and oxygen atoms in total. The second-order valence-corrected chi connectivity index (χ2v) is 11.2. The summed E-state index contributed by atoms with van der Waals surface area (Å²) in [6.07, 6.45) is 6.73. The number of nitriles is 1. The number of hydrogen-bond donors (Lipinski definition) is 0. The smallest absolute Gasteiger partial charge is 0.228 e. The zero-order valence-corrected chi connectivity index (χ0v) is 20.7. The summed E-state index contributed by atoms with van der Waals surface area (Å²) in [6.45, 7) is 12.5. The summed E-state index contributed by atoms with van der Waals surface area (Å²) < 4.78 is 0. The molecule has 0 N–H and O–H groups in total. The molecule has 2 aromatic rings. The van der Waals surface area contributed by atoms with E-state index in [4.69, 9.17) is 9.97 Å². The van der Waals surface area contributed by atoms with Crippen molar-refractivity contribution in [2.75, 3.05) is 29.4 Å². The van der Waals surface area contributed by atoms with Crippen LogP contribution in [0.5, 0.6) is 0 Å². The Bertz CT molecular complexity index is 1160. The van der Waals surface area contributed by atoms with Crippen LogP contribution in [-0.2, 0) is 10.2 Å². The third kappa shape index (κ3) is 3.49. The number of anilines is 3. The number of carbonyl (C=O) groups excluding carboxylic acids is 1. The summed E-state index contributed by atoms with van der Waals surface area (Å²) in [5, 5.41) is 9.38. The quantitative estimate of drug-likeness (QED) is 0.675. The molecule has 178 valence electrons. The van der Waals surface area contributed by atoms with Gasteiger partial charge in [0.2, 0.25) is 5.91 Å². The normalized spacial score (nSPS) is 23.5. The van der Waals surface area contributed by atoms with Crippen LogP contribution in [0, 0.1) is 16.7 Å². The van der Waals surface area contributed by atoms with Crippen LogP contribution in [0.1, 0.15) is 65.0 Å². The lowest BCUT2D eigenvalue weighted by Gasteiger charge is -2.48. The number of carbonyl (C=O) groups is 1. The highest BCUT2D eigenvalue weighted by molar-refractivity contribution is 5.82. The lowest BCUT2D eigenvalue weighted by Crippen LogP contribution is -2.60. The Morgan fingerprint density at radius 1 is 1.12 bits per heavy atom. The minimum atomic E-state index is -0.395. The molecule has 0 aromatic carbocycles. The molecule has 4 heterocycles. The number of aromatic nitrogens is 3. The van der Waals surface area contributed by atoms with Crippen molar-refractivity contribution in [3.05, 3.63) is 35.8 Å². The first kappa shape index (κ1) is 22.6. The standard InChI is InChI=1S/C26H33N7O/c1-17-14-32(24(34)25(3,4)5)18(2)13-31(17)22-21-23(30-16-29-22)33(15-26(21)8-6-9-26)20-11-19(12-27)7-10-28-20/h7,10-11,16-18H,6,8-9,13-15H2,1-5H3/t17-,18+/m0/s1. The molecule has 1 spiro atoms. The Hall–Kier alpha value is -3.21. The van der Waals surface area contributed by atoms with E-state index < -0.39 is 5.41 Å². The van der Waals surface area contributed by atoms with Crippen molar-refractivity contribution in [1.82, 2.24) is 19.9 Å². The van der Waals surface area contributed by atoms with Crippen LogP contribution in [0.4, 0.5) is 17.5 Å². The van der Waals surface area contributed by atoms with Gasteiger partial charge < -0.3 is 14.7 Å². The van der Waals surface area contributed by atoms with E-state index in [-0.39, 0.29) is 23.4 Å². The van der Waals surface area contributed by atoms with E-state index in [0.717, 1.165) is 43.4 Å². The SMILES string of the molecule is C[C@@H]1CN(c2ncnc3c2C2(CCC2)CN3c2cc(C#N)ccn2)[C@@H](C)CN1C(=O)C(C)(C)C. The first-order chi connectivity index (χ1) is 16.1. The van der Waals surface area contributed by atoms with Gasteiger partial charge in [-0.15, -0.1) is 0 Å². The molecule has 34 heavy (non-hydrogen) atoms. The van der Waals surface area contributed by atoms with E-state index in [2.05, 4.69) is 34.7 Å². The average Bonchev–Trinajstić information content (AvgIpc) is 3.16. The molecule has 2 aromatic heterocycles. The molecule has 1 amide bonds. The number of pyridine rings is 1. The van der Waals surface area contributed by atoms with Gasteiger partial charge in [-0.05, 0) is 38.8 Å². The zero-order valence-electron chi connectivity index (χ0n) is 20.7. The maximum Gasteiger partial charge on any atom is 0.228 e. The number of fused-ring (bicyclic) bond motifs is 2. The van der Waals surface area contributed by atoms with Crippen LogP contribution in [0.25, 0.3) is 0 Å². The highest BCUT2D eigenvalue weighted by atomic mass is 16.2. The monoisotopic (exact) mass is 459 g/mol. The predicted molar refractivity (Wildman–Crippen MR) is 131 cm³/mol. The highest BCUT2D eigenvalue weighted by Crippen LogP contribution is 2.56. The van der Waals surface area contributed by atoms with Gasteiger partial charge in [0.1, 0.15) is 23.8 Å². The Morgan fingerprint density at radius 2 is 1.85 bits per heavy atom. The first-order valence-electron chi connectivity index (χ1n) is 12.2. The van der Waals surface area contributed by atoms with Crippen LogP contribution >= 0.6 is 0 Å². The van der Waals surface area contributed by atoms with Crippen molar-refractivity contribution < 1.29 is 4.79 Å². The third-order valence-electron chi connectivity index (χ3n) is 7.68. The van der Waals surface area contributed by atoms with Crippen LogP contribution < -0.4 is 9.80 Å². The average molecular weight is 460 g/mol. The molecule has 8 heteroatoms. The van der Waals surface area contributed by atoms with E-state index in [0.29, 0.717) is 12.1 Å². The minimum absolute atomic E-state index is 0.0115. The minimum Gasteiger partial charge on any atom is -0.350 e. The maximum atomic E-state index is 13.1. The lowest BCUT2D eigenvalue weighted by atomic mass is 9.66. The largest absolute Gasteiger partial charge is 0.350 e. The number of nitrogens with zero attached hydrogens (tertiary/aromatic N) is 7. The second kappa shape index (κ2) is 7.93. The van der Waals surface area contributed by atoms with E-state index >= 15 is 0 Å². The summed E-state index contributed by atoms with van der Waals surface area (Å²) in [4.78, 5) is 33.8. The van der Waals surface area contributed by atoms with E-state index in [1.54, 1.807) is 18.6 Å². The highest BCUT2D eigenvalue weighted by Gasteiger charge is 2.52. The Morgan fingerprint density at radius 3 is 2.50 bits per heavy atom. The number of piperazine rings is 1. The molecule has 5 rings (SSSR count). The van der Waals surface area contributed by atoms with Crippen molar-refractivity contribution >= 4 is 23.4 Å². The molecule has 1 saturated carbocycles. The van der Waals surface area contributed by atoms with Crippen LogP contribution in [0.2, 0.25) is 0 Å². The van der Waals surface area contributed by atoms with Crippen molar-refractivity contribution in [2.45, 2.75) is 71.4 Å². The van der Waals surface area contributed by atoms with Crippen molar-refractivity contribution in [1.29, 1.82) is 5.26 Å². The summed E-state index contributed by atoms with van der Waals surface area (Å²) >= 11 is 0. The molecule has 0 unspecified atom stereocenters. The zero-order chi connectivity index (χ0) is 24.3. The van der Waals surface area contributed by atoms with E-state index in [1.807, 2.05) is 31.7 Å². The summed E-state index contributed by atoms with van der Waals surface area (Å²) in [5.74, 6) is 2.85. The Kier molecular flexibility index (Phi) is 5.27. The number of hydrogen-bond acceptors (Lipinski definition) is 7. The lowest BCUT2D eigenvalue weighted by molar-refractivity contribution is -0.142. The molecule has 1 aliphatic carbocycles. The van der Waals surface area contributed by atoms with Crippen LogP contribution in [0.15, 0.2) is 24.7 Å². The van der Waals surface area contributed by atoms with Gasteiger partial charge >= 0.3 is 0 Å². The van der Waals surface area contributed by atoms with Gasteiger partial charge in [0.05, 0.1) is 11.6 Å². The molecule has 0 radical (unpaired) electrons. The number of amides is 1. The maximum absolute atomic E-state index is 13.1. The second-order valence-electron chi connectivity index (χ2n) is 11.2. The van der Waals surface area contributed by atoms with Gasteiger partial charge in [-0.1, -0.05) is 27.2 Å². The first-order valence-corrected chi connectivity index (χ1v) is 12.2. The fourth-order valence-corrected chi connectivity index (χ4v) is 5.69. The summed E-state index contributed by atoms with van der Waals surface area (Å²) in [5.41, 5.74) is 1.42. The molecule has 0 bridgehead atoms. The van der Waals surface area contributed by atoms with Crippen molar-refractivity contribution in [2.24, 2.45) is 5.41 Å². The molecule has 2 atom stereocenters. The van der Waals surface area contributed by atoms with Crippen LogP contribution in [0.3, 0.4) is 0 Å². The predicted octanol–water partition coefficient (Wildman–Crippen LogP) is 3.79. The van der Waals surface area contributed by atoms with E-state index in [1.165, 1.54) is 12.0 Å². The van der Waals surface area contributed by atoms with E-state index in [9.17, 15) is 10.1 Å². The summed E-state index contributed by atoms with van der Waals surface area (Å²) in [7, 11) is 0. The number of rotatable bonds is 2. The molecule has 2 aliphatic heterocycles. The molecular weight excluding hydrogens is 426 g/mol. The van der Waals surface area contributed by atoms with Gasteiger partial charge in [0.25, 0.3) is 0 Å². The van der Waals surface area contributed by atoms with Gasteiger partial charge in [0.15, 0.2) is 0 Å². The van der Waals surface area contributed by atoms with Crippen molar-refractivity contribution in [3.63, 3.8) is 0 Å². The Balaban J connectivity index is 1.52. The van der Waals surface area contributed by atoms with Crippen molar-refractivity contribution in [3.8, 4) is 6.07 Å². The molecule has 2 fully saturated rings. The topological polar surface area (TPSA) is 89.2 Å². The fourth-order valence-electron chi connectivity index (χ4n) is 5.69. The van der Waals surface area contributed by atoms with Gasteiger partial charge in [0, 0.05) is 54.3 Å². The molecule has 3 aliphatic rings. The molecular formula is C26H33N7O. The van der Waals surface area contributed by atoms with Crippen LogP contribution in [-0.4, -0.2) is 57.5 Å². The Labute approximate surface area is 201 Å². The third-order valence-corrected chi connectivity index (χ3v) is 7.68. The van der Waals surface area contributed by atoms with Gasteiger partial charge in [-0.25, -0.2) is 15.0 Å².